The van der Waals surface area contributed by atoms with Crippen molar-refractivity contribution in [1.29, 1.82) is 0 Å². The minimum atomic E-state index is -4.45. The molecular formula is C15H14ClF3N2. The van der Waals surface area contributed by atoms with Crippen LogP contribution in [0.4, 0.5) is 13.2 Å². The summed E-state index contributed by atoms with van der Waals surface area (Å²) in [7, 11) is 0. The van der Waals surface area contributed by atoms with Gasteiger partial charge < -0.3 is 5.73 Å². The quantitative estimate of drug-likeness (QED) is 0.909. The number of aryl methyl sites for hydroxylation is 1. The van der Waals surface area contributed by atoms with E-state index in [1.165, 1.54) is 12.3 Å². The number of nitrogens with two attached hydrogens (primary N) is 1. The Kier molecular flexibility index (Phi) is 4.85. The van der Waals surface area contributed by atoms with Crippen molar-refractivity contribution in [2.24, 2.45) is 5.73 Å². The molecule has 0 saturated heterocycles. The molecule has 2 aromatic rings. The summed E-state index contributed by atoms with van der Waals surface area (Å²) in [5.74, 6) is 0. The van der Waals surface area contributed by atoms with Gasteiger partial charge in [0.1, 0.15) is 0 Å². The predicted molar refractivity (Wildman–Crippen MR) is 75.9 cm³/mol. The van der Waals surface area contributed by atoms with E-state index < -0.39 is 17.8 Å². The topological polar surface area (TPSA) is 38.9 Å². The van der Waals surface area contributed by atoms with Crippen molar-refractivity contribution < 1.29 is 13.2 Å². The maximum absolute atomic E-state index is 12.9. The smallest absolute Gasteiger partial charge is 0.323 e. The van der Waals surface area contributed by atoms with Gasteiger partial charge in [-0.1, -0.05) is 23.7 Å². The summed E-state index contributed by atoms with van der Waals surface area (Å²) >= 11 is 5.87. The zero-order valence-corrected chi connectivity index (χ0v) is 11.8. The van der Waals surface area contributed by atoms with Gasteiger partial charge in [0.05, 0.1) is 11.3 Å². The third-order valence-electron chi connectivity index (χ3n) is 3.13. The van der Waals surface area contributed by atoms with Crippen molar-refractivity contribution >= 4 is 11.6 Å². The summed E-state index contributed by atoms with van der Waals surface area (Å²) in [5, 5.41) is 0.592. The first-order chi connectivity index (χ1) is 9.88. The zero-order valence-electron chi connectivity index (χ0n) is 11.1. The maximum atomic E-state index is 12.9. The van der Waals surface area contributed by atoms with E-state index >= 15 is 0 Å². The monoisotopic (exact) mass is 314 g/mol. The summed E-state index contributed by atoms with van der Waals surface area (Å²) in [4.78, 5) is 3.80. The highest BCUT2D eigenvalue weighted by molar-refractivity contribution is 6.30. The summed E-state index contributed by atoms with van der Waals surface area (Å²) in [6, 6.07) is 8.66. The van der Waals surface area contributed by atoms with Crippen molar-refractivity contribution in [2.75, 3.05) is 0 Å². The van der Waals surface area contributed by atoms with E-state index in [-0.39, 0.29) is 5.69 Å². The number of benzene rings is 1. The van der Waals surface area contributed by atoms with Crippen LogP contribution in [0, 0.1) is 0 Å². The third-order valence-corrected chi connectivity index (χ3v) is 3.36. The molecule has 1 aromatic carbocycles. The van der Waals surface area contributed by atoms with Crippen LogP contribution >= 0.6 is 11.6 Å². The van der Waals surface area contributed by atoms with Crippen LogP contribution in [-0.2, 0) is 12.6 Å². The van der Waals surface area contributed by atoms with Gasteiger partial charge in [-0.15, -0.1) is 0 Å². The second-order valence-electron chi connectivity index (χ2n) is 4.71. The molecule has 21 heavy (non-hydrogen) atoms. The molecule has 0 amide bonds. The molecule has 0 bridgehead atoms. The highest BCUT2D eigenvalue weighted by Gasteiger charge is 2.35. The van der Waals surface area contributed by atoms with Crippen LogP contribution in [-0.4, -0.2) is 4.98 Å². The first kappa shape index (κ1) is 15.8. The van der Waals surface area contributed by atoms with Gasteiger partial charge in [0, 0.05) is 17.3 Å². The van der Waals surface area contributed by atoms with Gasteiger partial charge >= 0.3 is 6.18 Å². The fourth-order valence-electron chi connectivity index (χ4n) is 2.10. The van der Waals surface area contributed by atoms with Crippen LogP contribution in [0.1, 0.15) is 29.3 Å². The summed E-state index contributed by atoms with van der Waals surface area (Å²) in [5.41, 5.74) is 5.92. The molecule has 1 heterocycles. The number of pyridine rings is 1. The Morgan fingerprint density at radius 3 is 2.62 bits per heavy atom. The van der Waals surface area contributed by atoms with Crippen LogP contribution in [0.15, 0.2) is 42.6 Å². The molecule has 0 aliphatic heterocycles. The number of hydrogen-bond donors (Lipinski definition) is 1. The first-order valence-corrected chi connectivity index (χ1v) is 6.78. The molecule has 0 fully saturated rings. The lowest BCUT2D eigenvalue weighted by molar-refractivity contribution is -0.138. The van der Waals surface area contributed by atoms with E-state index in [9.17, 15) is 13.2 Å². The molecule has 0 radical (unpaired) electrons. The van der Waals surface area contributed by atoms with Crippen molar-refractivity contribution in [3.63, 3.8) is 0 Å². The number of rotatable bonds is 4. The lowest BCUT2D eigenvalue weighted by atomic mass is 10.00. The molecule has 0 aliphatic rings. The van der Waals surface area contributed by atoms with Gasteiger partial charge in [-0.2, -0.15) is 13.2 Å². The Morgan fingerprint density at radius 1 is 1.19 bits per heavy atom. The fourth-order valence-corrected chi connectivity index (χ4v) is 2.32. The Labute approximate surface area is 125 Å². The fraction of sp³-hybridized carbons (Fsp3) is 0.267. The lowest BCUT2D eigenvalue weighted by Gasteiger charge is -2.17. The van der Waals surface area contributed by atoms with Crippen molar-refractivity contribution in [3.05, 3.63) is 64.4 Å². The number of nitrogens with zero attached hydrogens (tertiary/aromatic N) is 1. The number of halogens is 4. The number of alkyl halides is 3. The number of hydrogen-bond acceptors (Lipinski definition) is 2. The van der Waals surface area contributed by atoms with Crippen LogP contribution in [0.5, 0.6) is 0 Å². The molecule has 1 aromatic heterocycles. The van der Waals surface area contributed by atoms with E-state index in [4.69, 9.17) is 17.3 Å². The molecular weight excluding hydrogens is 301 g/mol. The van der Waals surface area contributed by atoms with Crippen molar-refractivity contribution in [2.45, 2.75) is 25.1 Å². The molecule has 0 spiro atoms. The van der Waals surface area contributed by atoms with Crippen LogP contribution < -0.4 is 5.73 Å². The number of aromatic nitrogens is 1. The van der Waals surface area contributed by atoms with Crippen molar-refractivity contribution in [1.82, 2.24) is 4.98 Å². The molecule has 112 valence electrons. The van der Waals surface area contributed by atoms with Crippen molar-refractivity contribution in [3.8, 4) is 0 Å². The Bertz CT molecular complexity index is 614. The van der Waals surface area contributed by atoms with Gasteiger partial charge in [0.2, 0.25) is 0 Å². The average molecular weight is 315 g/mol. The minimum absolute atomic E-state index is 0.118. The maximum Gasteiger partial charge on any atom is 0.418 e. The van der Waals surface area contributed by atoms with Gasteiger partial charge in [-0.3, -0.25) is 4.98 Å². The summed E-state index contributed by atoms with van der Waals surface area (Å²) in [6.07, 6.45) is -2.23. The predicted octanol–water partition coefficient (Wildman–Crippen LogP) is 4.39. The Balaban J connectivity index is 2.12. The van der Waals surface area contributed by atoms with Gasteiger partial charge in [0.15, 0.2) is 0 Å². The SMILES string of the molecule is N[C@@H](CCc1cccc(Cl)c1)c1ncccc1C(F)(F)F. The second-order valence-corrected chi connectivity index (χ2v) is 5.15. The van der Waals surface area contributed by atoms with E-state index in [1.807, 2.05) is 6.07 Å². The van der Waals surface area contributed by atoms with Gasteiger partial charge in [0.25, 0.3) is 0 Å². The van der Waals surface area contributed by atoms with E-state index in [1.54, 1.807) is 18.2 Å². The molecule has 0 aliphatic carbocycles. The van der Waals surface area contributed by atoms with E-state index in [0.29, 0.717) is 17.9 Å². The highest BCUT2D eigenvalue weighted by Crippen LogP contribution is 2.33. The summed E-state index contributed by atoms with van der Waals surface area (Å²) in [6.45, 7) is 0. The van der Waals surface area contributed by atoms with E-state index in [2.05, 4.69) is 4.98 Å². The van der Waals surface area contributed by atoms with Gasteiger partial charge in [-0.05, 0) is 42.7 Å². The average Bonchev–Trinajstić information content (AvgIpc) is 2.44. The standard InChI is InChI=1S/C15H14ClF3N2/c16-11-4-1-3-10(9-11)6-7-13(20)14-12(15(17,18)19)5-2-8-21-14/h1-5,8-9,13H,6-7,20H2/t13-/m0/s1. The van der Waals surface area contributed by atoms with Crippen LogP contribution in [0.25, 0.3) is 0 Å². The van der Waals surface area contributed by atoms with Crippen LogP contribution in [0.2, 0.25) is 5.02 Å². The Hall–Kier alpha value is -1.59. The molecule has 0 unspecified atom stereocenters. The molecule has 2 rings (SSSR count). The minimum Gasteiger partial charge on any atom is -0.323 e. The Morgan fingerprint density at radius 2 is 1.95 bits per heavy atom. The largest absolute Gasteiger partial charge is 0.418 e. The third kappa shape index (κ3) is 4.19. The molecule has 6 heteroatoms. The second kappa shape index (κ2) is 6.45. The van der Waals surface area contributed by atoms with Crippen LogP contribution in [0.3, 0.4) is 0 Å². The first-order valence-electron chi connectivity index (χ1n) is 6.40. The molecule has 1 atom stereocenters. The normalized spacial score (nSPS) is 13.2. The summed E-state index contributed by atoms with van der Waals surface area (Å²) < 4.78 is 38.7. The highest BCUT2D eigenvalue weighted by atomic mass is 35.5. The zero-order chi connectivity index (χ0) is 15.5. The van der Waals surface area contributed by atoms with Gasteiger partial charge in [-0.25, -0.2) is 0 Å². The molecule has 2 nitrogen and oxygen atoms in total. The van der Waals surface area contributed by atoms with E-state index in [0.717, 1.165) is 11.6 Å². The lowest BCUT2D eigenvalue weighted by Crippen LogP contribution is -2.19. The molecule has 2 N–H and O–H groups in total. The molecule has 0 saturated carbocycles.